The Morgan fingerprint density at radius 1 is 1.68 bits per heavy atom. The second kappa shape index (κ2) is 5.42. The third-order valence-corrected chi connectivity index (χ3v) is 3.43. The third kappa shape index (κ3) is 3.63. The van der Waals surface area contributed by atoms with Crippen molar-refractivity contribution in [1.29, 1.82) is 0 Å². The van der Waals surface area contributed by atoms with Gasteiger partial charge in [-0.15, -0.1) is 0 Å². The van der Waals surface area contributed by atoms with Gasteiger partial charge in [0.2, 0.25) is 0 Å². The van der Waals surface area contributed by atoms with Crippen LogP contribution in [0.4, 0.5) is 0 Å². The van der Waals surface area contributed by atoms with Crippen molar-refractivity contribution in [1.82, 2.24) is 5.01 Å². The quantitative estimate of drug-likeness (QED) is 0.621. The first-order chi connectivity index (χ1) is 8.87. The van der Waals surface area contributed by atoms with Crippen LogP contribution in [0.2, 0.25) is 0 Å². The van der Waals surface area contributed by atoms with Gasteiger partial charge in [0.1, 0.15) is 12.7 Å². The molecule has 0 aromatic carbocycles. The average molecular weight is 288 g/mol. The zero-order chi connectivity index (χ0) is 14.0. The Morgan fingerprint density at radius 3 is 3.11 bits per heavy atom. The fourth-order valence-electron chi connectivity index (χ4n) is 2.10. The highest BCUT2D eigenvalue weighted by Gasteiger charge is 2.31. The molecule has 0 fully saturated rings. The number of hydrogen-bond donors (Lipinski definition) is 3. The molecule has 0 saturated carbocycles. The molecule has 19 heavy (non-hydrogen) atoms. The van der Waals surface area contributed by atoms with Gasteiger partial charge >= 0.3 is 7.60 Å². The summed E-state index contributed by atoms with van der Waals surface area (Å²) in [5.41, 5.74) is 6.53. The van der Waals surface area contributed by atoms with Gasteiger partial charge in [-0.2, -0.15) is 5.10 Å². The van der Waals surface area contributed by atoms with Crippen molar-refractivity contribution in [2.24, 2.45) is 15.8 Å². The minimum atomic E-state index is -4.12. The van der Waals surface area contributed by atoms with Crippen LogP contribution in [-0.4, -0.2) is 45.5 Å². The second-order valence-corrected chi connectivity index (χ2v) is 6.16. The van der Waals surface area contributed by atoms with E-state index in [2.05, 4.69) is 10.1 Å². The molecule has 8 nitrogen and oxygen atoms in total. The molecule has 106 valence electrons. The van der Waals surface area contributed by atoms with E-state index >= 15 is 0 Å². The summed E-state index contributed by atoms with van der Waals surface area (Å²) in [6.45, 7) is 1.78. The van der Waals surface area contributed by atoms with Gasteiger partial charge in [-0.3, -0.25) is 9.57 Å². The van der Waals surface area contributed by atoms with Gasteiger partial charge in [-0.05, 0) is 19.8 Å². The highest BCUT2D eigenvalue weighted by atomic mass is 31.2. The minimum absolute atomic E-state index is 0.0760. The maximum absolute atomic E-state index is 10.7. The van der Waals surface area contributed by atoms with Crippen LogP contribution in [-0.2, 0) is 9.30 Å². The molecule has 0 bridgehead atoms. The number of hydrogen-bond acceptors (Lipinski definition) is 6. The van der Waals surface area contributed by atoms with Crippen LogP contribution in [0.5, 0.6) is 0 Å². The number of ether oxygens (including phenoxy) is 1. The minimum Gasteiger partial charge on any atom is -0.382 e. The van der Waals surface area contributed by atoms with E-state index in [0.29, 0.717) is 12.3 Å². The van der Waals surface area contributed by atoms with Crippen molar-refractivity contribution < 1.29 is 19.1 Å². The summed E-state index contributed by atoms with van der Waals surface area (Å²) >= 11 is 0. The number of nitrogens with zero attached hydrogens (tertiary/aromatic N) is 3. The largest absolute Gasteiger partial charge is 0.382 e. The van der Waals surface area contributed by atoms with E-state index in [0.717, 1.165) is 12.1 Å². The molecule has 0 saturated heterocycles. The van der Waals surface area contributed by atoms with E-state index in [1.165, 1.54) is 6.34 Å². The Bertz CT molecular complexity index is 484. The lowest BCUT2D eigenvalue weighted by atomic mass is 10.1. The van der Waals surface area contributed by atoms with E-state index in [1.54, 1.807) is 11.9 Å². The van der Waals surface area contributed by atoms with Crippen molar-refractivity contribution in [2.45, 2.75) is 31.9 Å². The van der Waals surface area contributed by atoms with Crippen molar-refractivity contribution in [2.75, 3.05) is 6.35 Å². The number of amidine groups is 1. The standard InChI is InChI=1S/C10H17N4O4P/c1-7(18-6-19(15,16)17)4-8-2-3-9-10(11)12-5-13-14(8)9/h3,5,7-8H,2,4,6H2,1H3,(H2,11,12,13)(H2,15,16,17)/t7-,8?/m1/s1. The topological polar surface area (TPSA) is 121 Å². The van der Waals surface area contributed by atoms with Crippen LogP contribution in [0.15, 0.2) is 21.9 Å². The van der Waals surface area contributed by atoms with Crippen LogP contribution in [0, 0.1) is 0 Å². The molecule has 1 unspecified atom stereocenters. The van der Waals surface area contributed by atoms with Crippen molar-refractivity contribution in [3.8, 4) is 0 Å². The van der Waals surface area contributed by atoms with Crippen LogP contribution >= 0.6 is 7.60 Å². The SMILES string of the molecule is C[C@H](CC1CC=C2C(N)=NC=NN21)OCP(=O)(O)O. The summed E-state index contributed by atoms with van der Waals surface area (Å²) < 4.78 is 15.9. The first-order valence-electron chi connectivity index (χ1n) is 5.88. The Balaban J connectivity index is 1.87. The van der Waals surface area contributed by atoms with Gasteiger partial charge in [0.25, 0.3) is 0 Å². The summed E-state index contributed by atoms with van der Waals surface area (Å²) in [4.78, 5) is 21.4. The Morgan fingerprint density at radius 2 is 2.42 bits per heavy atom. The summed E-state index contributed by atoms with van der Waals surface area (Å²) in [7, 11) is -4.12. The molecular formula is C10H17N4O4P. The molecule has 0 aromatic heterocycles. The normalized spacial score (nSPS) is 23.9. The van der Waals surface area contributed by atoms with Crippen molar-refractivity contribution in [3.05, 3.63) is 11.8 Å². The van der Waals surface area contributed by atoms with Gasteiger partial charge in [0, 0.05) is 0 Å². The van der Waals surface area contributed by atoms with E-state index in [1.807, 2.05) is 6.08 Å². The van der Waals surface area contributed by atoms with E-state index < -0.39 is 13.9 Å². The Hall–Kier alpha value is -1.21. The molecule has 2 heterocycles. The smallest absolute Gasteiger partial charge is 0.350 e. The fourth-order valence-corrected chi connectivity index (χ4v) is 2.55. The summed E-state index contributed by atoms with van der Waals surface area (Å²) in [5.74, 6) is 0.432. The number of rotatable bonds is 5. The number of fused-ring (bicyclic) bond motifs is 1. The lowest BCUT2D eigenvalue weighted by molar-refractivity contribution is 0.0635. The Labute approximate surface area is 110 Å². The van der Waals surface area contributed by atoms with Crippen molar-refractivity contribution >= 4 is 19.8 Å². The predicted octanol–water partition coefficient (Wildman–Crippen LogP) is 0.189. The van der Waals surface area contributed by atoms with Crippen LogP contribution < -0.4 is 5.73 Å². The summed E-state index contributed by atoms with van der Waals surface area (Å²) in [6.07, 6.45) is 3.87. The van der Waals surface area contributed by atoms with Gasteiger partial charge < -0.3 is 20.3 Å². The van der Waals surface area contributed by atoms with E-state index in [9.17, 15) is 4.57 Å². The maximum Gasteiger partial charge on any atom is 0.350 e. The molecule has 2 rings (SSSR count). The van der Waals surface area contributed by atoms with Gasteiger partial charge in [-0.25, -0.2) is 4.99 Å². The highest BCUT2D eigenvalue weighted by molar-refractivity contribution is 7.51. The lowest BCUT2D eigenvalue weighted by Crippen LogP contribution is -2.35. The molecule has 4 N–H and O–H groups in total. The van der Waals surface area contributed by atoms with Gasteiger partial charge in [0.15, 0.2) is 5.84 Å². The molecule has 9 heteroatoms. The summed E-state index contributed by atoms with van der Waals surface area (Å²) in [5, 5.41) is 5.93. The number of aliphatic imine (C=N–C) groups is 1. The lowest BCUT2D eigenvalue weighted by Gasteiger charge is -2.28. The van der Waals surface area contributed by atoms with Crippen LogP contribution in [0.1, 0.15) is 19.8 Å². The van der Waals surface area contributed by atoms with Crippen LogP contribution in [0.25, 0.3) is 0 Å². The molecular weight excluding hydrogens is 271 g/mol. The second-order valence-electron chi connectivity index (χ2n) is 4.58. The Kier molecular flexibility index (Phi) is 4.05. The molecule has 2 atom stereocenters. The predicted molar refractivity (Wildman–Crippen MR) is 70.5 cm³/mol. The molecule has 2 aliphatic heterocycles. The fraction of sp³-hybridized carbons (Fsp3) is 0.600. The number of hydrazone groups is 1. The van der Waals surface area contributed by atoms with E-state index in [-0.39, 0.29) is 12.1 Å². The van der Waals surface area contributed by atoms with Gasteiger partial charge in [-0.1, -0.05) is 6.08 Å². The molecule has 0 amide bonds. The summed E-state index contributed by atoms with van der Waals surface area (Å²) in [6, 6.07) is 0.0760. The molecule has 0 spiro atoms. The van der Waals surface area contributed by atoms with E-state index in [4.69, 9.17) is 20.3 Å². The monoisotopic (exact) mass is 288 g/mol. The zero-order valence-corrected chi connectivity index (χ0v) is 11.4. The molecule has 0 radical (unpaired) electrons. The van der Waals surface area contributed by atoms with Crippen molar-refractivity contribution in [3.63, 3.8) is 0 Å². The molecule has 2 aliphatic rings. The van der Waals surface area contributed by atoms with Gasteiger partial charge in [0.05, 0.1) is 17.8 Å². The first-order valence-corrected chi connectivity index (χ1v) is 7.68. The first kappa shape index (κ1) is 14.2. The highest BCUT2D eigenvalue weighted by Crippen LogP contribution is 2.35. The zero-order valence-electron chi connectivity index (χ0n) is 10.5. The molecule has 0 aromatic rings. The maximum atomic E-state index is 10.7. The molecule has 0 aliphatic carbocycles. The third-order valence-electron chi connectivity index (χ3n) is 2.94. The van der Waals surface area contributed by atoms with Crippen LogP contribution in [0.3, 0.4) is 0 Å². The number of nitrogens with two attached hydrogens (primary N) is 1. The average Bonchev–Trinajstić information content (AvgIpc) is 2.71.